The maximum atomic E-state index is 5.94. The van der Waals surface area contributed by atoms with E-state index in [0.717, 1.165) is 36.7 Å². The average molecular weight is 317 g/mol. The topological polar surface area (TPSA) is 50.4 Å². The molecule has 1 heterocycles. The van der Waals surface area contributed by atoms with Gasteiger partial charge in [-0.1, -0.05) is 13.0 Å². The first kappa shape index (κ1) is 17.3. The molecule has 1 atom stereocenters. The molecule has 1 aromatic carbocycles. The largest absolute Gasteiger partial charge is 0.490 e. The van der Waals surface area contributed by atoms with Crippen molar-refractivity contribution in [2.45, 2.75) is 46.4 Å². The van der Waals surface area contributed by atoms with E-state index in [4.69, 9.17) is 9.47 Å². The Bertz CT molecular complexity index is 584. The lowest BCUT2D eigenvalue weighted by atomic mass is 10.2. The quantitative estimate of drug-likeness (QED) is 0.767. The maximum absolute atomic E-state index is 5.94. The molecule has 5 heteroatoms. The molecule has 0 aliphatic rings. The SMILES string of the molecule is CCOc1cc(CN(C)Cc2ccn[nH]2)ccc1O[C@@H](C)CC. The Hall–Kier alpha value is -2.01. The molecule has 0 unspecified atom stereocenters. The number of aromatic nitrogens is 2. The summed E-state index contributed by atoms with van der Waals surface area (Å²) in [7, 11) is 2.09. The minimum absolute atomic E-state index is 0.183. The van der Waals surface area contributed by atoms with E-state index in [9.17, 15) is 0 Å². The molecular weight excluding hydrogens is 290 g/mol. The second-order valence-corrected chi connectivity index (χ2v) is 5.80. The molecule has 0 saturated carbocycles. The molecule has 0 aliphatic heterocycles. The fraction of sp³-hybridized carbons (Fsp3) is 0.500. The summed E-state index contributed by atoms with van der Waals surface area (Å²) in [6.07, 6.45) is 2.93. The number of rotatable bonds is 9. The monoisotopic (exact) mass is 317 g/mol. The molecule has 2 rings (SSSR count). The highest BCUT2D eigenvalue weighted by atomic mass is 16.5. The van der Waals surface area contributed by atoms with Crippen molar-refractivity contribution in [3.05, 3.63) is 41.7 Å². The van der Waals surface area contributed by atoms with Gasteiger partial charge in [-0.2, -0.15) is 5.10 Å². The molecule has 2 aromatic rings. The maximum Gasteiger partial charge on any atom is 0.161 e. The molecule has 0 spiro atoms. The summed E-state index contributed by atoms with van der Waals surface area (Å²) in [5.41, 5.74) is 2.31. The fourth-order valence-corrected chi connectivity index (χ4v) is 2.35. The van der Waals surface area contributed by atoms with Crippen LogP contribution >= 0.6 is 0 Å². The van der Waals surface area contributed by atoms with Crippen molar-refractivity contribution in [2.75, 3.05) is 13.7 Å². The van der Waals surface area contributed by atoms with Crippen LogP contribution in [0.1, 0.15) is 38.4 Å². The smallest absolute Gasteiger partial charge is 0.161 e. The van der Waals surface area contributed by atoms with Crippen molar-refractivity contribution in [2.24, 2.45) is 0 Å². The number of H-pyrrole nitrogens is 1. The van der Waals surface area contributed by atoms with Crippen molar-refractivity contribution < 1.29 is 9.47 Å². The normalized spacial score (nSPS) is 12.4. The van der Waals surface area contributed by atoms with E-state index < -0.39 is 0 Å². The van der Waals surface area contributed by atoms with Gasteiger partial charge in [0.15, 0.2) is 11.5 Å². The minimum atomic E-state index is 0.183. The van der Waals surface area contributed by atoms with Crippen LogP contribution in [0.15, 0.2) is 30.5 Å². The predicted molar refractivity (Wildman–Crippen MR) is 91.8 cm³/mol. The van der Waals surface area contributed by atoms with Crippen LogP contribution in [0.5, 0.6) is 11.5 Å². The van der Waals surface area contributed by atoms with Crippen LogP contribution in [0.2, 0.25) is 0 Å². The molecule has 0 fully saturated rings. The van der Waals surface area contributed by atoms with E-state index in [1.54, 1.807) is 6.20 Å². The van der Waals surface area contributed by atoms with Gasteiger partial charge >= 0.3 is 0 Å². The second-order valence-electron chi connectivity index (χ2n) is 5.80. The zero-order chi connectivity index (χ0) is 16.7. The third-order valence-electron chi connectivity index (χ3n) is 3.66. The number of nitrogens with zero attached hydrogens (tertiary/aromatic N) is 2. The molecule has 0 radical (unpaired) electrons. The third-order valence-corrected chi connectivity index (χ3v) is 3.66. The number of ether oxygens (including phenoxy) is 2. The molecule has 1 N–H and O–H groups in total. The highest BCUT2D eigenvalue weighted by Gasteiger charge is 2.11. The summed E-state index contributed by atoms with van der Waals surface area (Å²) >= 11 is 0. The van der Waals surface area contributed by atoms with Crippen molar-refractivity contribution in [1.82, 2.24) is 15.1 Å². The van der Waals surface area contributed by atoms with Crippen molar-refractivity contribution >= 4 is 0 Å². The zero-order valence-corrected chi connectivity index (χ0v) is 14.5. The number of benzene rings is 1. The Morgan fingerprint density at radius 3 is 2.65 bits per heavy atom. The van der Waals surface area contributed by atoms with Crippen molar-refractivity contribution in [3.63, 3.8) is 0 Å². The number of nitrogens with one attached hydrogen (secondary N) is 1. The van der Waals surface area contributed by atoms with Crippen LogP contribution < -0.4 is 9.47 Å². The third kappa shape index (κ3) is 5.28. The summed E-state index contributed by atoms with van der Waals surface area (Å²) in [5.74, 6) is 1.64. The number of aromatic amines is 1. The predicted octanol–water partition coefficient (Wildman–Crippen LogP) is 3.62. The van der Waals surface area contributed by atoms with Gasteiger partial charge in [-0.05, 0) is 51.1 Å². The van der Waals surface area contributed by atoms with Gasteiger partial charge in [0.25, 0.3) is 0 Å². The van der Waals surface area contributed by atoms with Gasteiger partial charge in [0.1, 0.15) is 0 Å². The Morgan fingerprint density at radius 1 is 1.17 bits per heavy atom. The van der Waals surface area contributed by atoms with Gasteiger partial charge in [0.2, 0.25) is 0 Å². The summed E-state index contributed by atoms with van der Waals surface area (Å²) in [6.45, 7) is 8.47. The van der Waals surface area contributed by atoms with E-state index in [0.29, 0.717) is 6.61 Å². The lowest BCUT2D eigenvalue weighted by Gasteiger charge is -2.19. The van der Waals surface area contributed by atoms with Gasteiger partial charge < -0.3 is 9.47 Å². The Kier molecular flexibility index (Phi) is 6.47. The Labute approximate surface area is 138 Å². The van der Waals surface area contributed by atoms with E-state index >= 15 is 0 Å². The first-order valence-corrected chi connectivity index (χ1v) is 8.21. The highest BCUT2D eigenvalue weighted by Crippen LogP contribution is 2.30. The van der Waals surface area contributed by atoms with Gasteiger partial charge in [0, 0.05) is 25.0 Å². The van der Waals surface area contributed by atoms with Gasteiger partial charge in [-0.15, -0.1) is 0 Å². The second kappa shape index (κ2) is 8.58. The highest BCUT2D eigenvalue weighted by molar-refractivity contribution is 5.43. The molecule has 0 bridgehead atoms. The molecule has 1 aromatic heterocycles. The average Bonchev–Trinajstić information content (AvgIpc) is 3.02. The first-order valence-electron chi connectivity index (χ1n) is 8.21. The summed E-state index contributed by atoms with van der Waals surface area (Å²) in [6, 6.07) is 8.18. The fourth-order valence-electron chi connectivity index (χ4n) is 2.35. The van der Waals surface area contributed by atoms with Crippen LogP contribution in [0.4, 0.5) is 0 Å². The molecular formula is C18H27N3O2. The van der Waals surface area contributed by atoms with Gasteiger partial charge in [0.05, 0.1) is 12.7 Å². The van der Waals surface area contributed by atoms with Crippen molar-refractivity contribution in [1.29, 1.82) is 0 Å². The van der Waals surface area contributed by atoms with E-state index in [2.05, 4.69) is 48.1 Å². The van der Waals surface area contributed by atoms with Gasteiger partial charge in [-0.25, -0.2) is 0 Å². The van der Waals surface area contributed by atoms with Gasteiger partial charge in [-0.3, -0.25) is 10.00 Å². The molecule has 0 amide bonds. The zero-order valence-electron chi connectivity index (χ0n) is 14.5. The van der Waals surface area contributed by atoms with E-state index in [-0.39, 0.29) is 6.10 Å². The summed E-state index contributed by atoms with van der Waals surface area (Å²) in [5, 5.41) is 6.97. The van der Waals surface area contributed by atoms with Crippen LogP contribution in [0, 0.1) is 0 Å². The first-order chi connectivity index (χ1) is 11.1. The summed E-state index contributed by atoms with van der Waals surface area (Å²) < 4.78 is 11.7. The Balaban J connectivity index is 2.05. The molecule has 0 aliphatic carbocycles. The molecule has 126 valence electrons. The molecule has 5 nitrogen and oxygen atoms in total. The lowest BCUT2D eigenvalue weighted by molar-refractivity contribution is 0.203. The van der Waals surface area contributed by atoms with E-state index in [1.807, 2.05) is 19.1 Å². The Morgan fingerprint density at radius 2 is 2.00 bits per heavy atom. The number of hydrogen-bond acceptors (Lipinski definition) is 4. The van der Waals surface area contributed by atoms with Crippen LogP contribution in [0.3, 0.4) is 0 Å². The van der Waals surface area contributed by atoms with Crippen LogP contribution in [-0.2, 0) is 13.1 Å². The minimum Gasteiger partial charge on any atom is -0.490 e. The van der Waals surface area contributed by atoms with E-state index in [1.165, 1.54) is 5.56 Å². The lowest BCUT2D eigenvalue weighted by Crippen LogP contribution is -2.17. The molecule has 23 heavy (non-hydrogen) atoms. The van der Waals surface area contributed by atoms with Crippen molar-refractivity contribution in [3.8, 4) is 11.5 Å². The summed E-state index contributed by atoms with van der Waals surface area (Å²) in [4.78, 5) is 2.23. The standard InChI is InChI=1S/C18H27N3O2/c1-5-14(3)23-17-8-7-15(11-18(17)22-6-2)12-21(4)13-16-9-10-19-20-16/h7-11,14H,5-6,12-13H2,1-4H3,(H,19,20)/t14-/m0/s1. The molecule has 0 saturated heterocycles. The van der Waals surface area contributed by atoms with Crippen LogP contribution in [-0.4, -0.2) is 34.9 Å². The van der Waals surface area contributed by atoms with Crippen LogP contribution in [0.25, 0.3) is 0 Å². The number of hydrogen-bond donors (Lipinski definition) is 1.